The largest absolute Gasteiger partial charge is 0.398 e. The molecule has 0 fully saturated rings. The monoisotopic (exact) mass is 247 g/mol. The van der Waals surface area contributed by atoms with E-state index in [9.17, 15) is 4.39 Å². The third-order valence-corrected chi connectivity index (χ3v) is 3.74. The average molecular weight is 247 g/mol. The van der Waals surface area contributed by atoms with E-state index in [-0.39, 0.29) is 5.82 Å². The van der Waals surface area contributed by atoms with Crippen molar-refractivity contribution in [1.29, 1.82) is 0 Å². The van der Waals surface area contributed by atoms with Crippen LogP contribution >= 0.6 is 11.8 Å². The molecule has 2 N–H and O–H groups in total. The summed E-state index contributed by atoms with van der Waals surface area (Å²) < 4.78 is 13.1. The highest BCUT2D eigenvalue weighted by Gasteiger charge is 2.04. The van der Waals surface area contributed by atoms with Crippen molar-refractivity contribution in [2.75, 3.05) is 5.73 Å². The highest BCUT2D eigenvalue weighted by molar-refractivity contribution is 7.99. The van der Waals surface area contributed by atoms with Crippen LogP contribution in [0.4, 0.5) is 10.1 Å². The molecule has 2 rings (SSSR count). The lowest BCUT2D eigenvalue weighted by Gasteiger charge is -2.07. The summed E-state index contributed by atoms with van der Waals surface area (Å²) in [5.41, 5.74) is 8.90. The highest BCUT2D eigenvalue weighted by atomic mass is 32.2. The number of rotatable bonds is 2. The topological polar surface area (TPSA) is 26.0 Å². The first-order chi connectivity index (χ1) is 8.06. The Bertz CT molecular complexity index is 552. The second-order valence-electron chi connectivity index (χ2n) is 4.03. The first-order valence-electron chi connectivity index (χ1n) is 5.36. The van der Waals surface area contributed by atoms with Crippen molar-refractivity contribution in [3.8, 4) is 0 Å². The molecule has 0 spiro atoms. The van der Waals surface area contributed by atoms with Crippen molar-refractivity contribution in [2.24, 2.45) is 0 Å². The fourth-order valence-corrected chi connectivity index (χ4v) is 2.48. The van der Waals surface area contributed by atoms with Crippen molar-refractivity contribution in [1.82, 2.24) is 0 Å². The molecular weight excluding hydrogens is 233 g/mol. The lowest BCUT2D eigenvalue weighted by atomic mass is 10.1. The van der Waals surface area contributed by atoms with Crippen LogP contribution in [-0.2, 0) is 0 Å². The number of hydrogen-bond acceptors (Lipinski definition) is 2. The number of anilines is 1. The molecule has 0 amide bonds. The Morgan fingerprint density at radius 1 is 1.00 bits per heavy atom. The molecule has 0 saturated carbocycles. The van der Waals surface area contributed by atoms with Crippen LogP contribution in [0.1, 0.15) is 11.1 Å². The summed E-state index contributed by atoms with van der Waals surface area (Å²) in [6.45, 7) is 4.13. The van der Waals surface area contributed by atoms with Gasteiger partial charge in [-0.3, -0.25) is 0 Å². The van der Waals surface area contributed by atoms with E-state index in [2.05, 4.69) is 26.0 Å². The molecule has 0 heterocycles. The second kappa shape index (κ2) is 4.80. The lowest BCUT2D eigenvalue weighted by Crippen LogP contribution is -1.89. The van der Waals surface area contributed by atoms with Crippen molar-refractivity contribution < 1.29 is 4.39 Å². The Hall–Kier alpha value is -1.48. The first kappa shape index (κ1) is 12.0. The minimum Gasteiger partial charge on any atom is -0.398 e. The maximum Gasteiger partial charge on any atom is 0.124 e. The summed E-state index contributed by atoms with van der Waals surface area (Å²) in [5, 5.41) is 0. The average Bonchev–Trinajstić information content (AvgIpc) is 2.29. The SMILES string of the molecule is Cc1ccc(Sc2cc(F)ccc2N)cc1C. The summed E-state index contributed by atoms with van der Waals surface area (Å²) in [4.78, 5) is 1.83. The van der Waals surface area contributed by atoms with Gasteiger partial charge in [0.1, 0.15) is 5.82 Å². The van der Waals surface area contributed by atoms with Gasteiger partial charge in [-0.05, 0) is 55.3 Å². The van der Waals surface area contributed by atoms with E-state index in [4.69, 9.17) is 5.73 Å². The smallest absolute Gasteiger partial charge is 0.124 e. The summed E-state index contributed by atoms with van der Waals surface area (Å²) in [5.74, 6) is -0.259. The minimum atomic E-state index is -0.259. The van der Waals surface area contributed by atoms with Crippen LogP contribution in [0, 0.1) is 19.7 Å². The number of aryl methyl sites for hydroxylation is 2. The van der Waals surface area contributed by atoms with Crippen molar-refractivity contribution >= 4 is 17.4 Å². The third kappa shape index (κ3) is 2.80. The van der Waals surface area contributed by atoms with Crippen LogP contribution < -0.4 is 5.73 Å². The summed E-state index contributed by atoms with van der Waals surface area (Å²) in [6, 6.07) is 10.6. The number of halogens is 1. The van der Waals surface area contributed by atoms with Gasteiger partial charge in [-0.15, -0.1) is 0 Å². The highest BCUT2D eigenvalue weighted by Crippen LogP contribution is 2.33. The van der Waals surface area contributed by atoms with Gasteiger partial charge in [0.2, 0.25) is 0 Å². The molecule has 2 aromatic rings. The van der Waals surface area contributed by atoms with Gasteiger partial charge in [0.25, 0.3) is 0 Å². The van der Waals surface area contributed by atoms with E-state index in [1.807, 2.05) is 6.07 Å². The van der Waals surface area contributed by atoms with E-state index in [0.29, 0.717) is 5.69 Å². The maximum atomic E-state index is 13.1. The van der Waals surface area contributed by atoms with Crippen molar-refractivity contribution in [2.45, 2.75) is 23.6 Å². The van der Waals surface area contributed by atoms with Gasteiger partial charge in [0, 0.05) is 15.5 Å². The van der Waals surface area contributed by atoms with Crippen LogP contribution in [0.5, 0.6) is 0 Å². The Morgan fingerprint density at radius 2 is 1.76 bits per heavy atom. The Kier molecular flexibility index (Phi) is 3.38. The van der Waals surface area contributed by atoms with Crippen LogP contribution in [0.25, 0.3) is 0 Å². The predicted molar refractivity (Wildman–Crippen MR) is 70.9 cm³/mol. The zero-order chi connectivity index (χ0) is 12.4. The summed E-state index contributed by atoms with van der Waals surface area (Å²) >= 11 is 1.49. The molecule has 0 atom stereocenters. The van der Waals surface area contributed by atoms with Crippen molar-refractivity contribution in [3.05, 3.63) is 53.3 Å². The van der Waals surface area contributed by atoms with Gasteiger partial charge in [-0.25, -0.2) is 4.39 Å². The molecule has 0 aliphatic carbocycles. The Balaban J connectivity index is 2.31. The molecule has 0 radical (unpaired) electrons. The molecule has 0 bridgehead atoms. The molecule has 3 heteroatoms. The zero-order valence-electron chi connectivity index (χ0n) is 9.83. The lowest BCUT2D eigenvalue weighted by molar-refractivity contribution is 0.624. The second-order valence-corrected chi connectivity index (χ2v) is 5.15. The molecule has 2 aromatic carbocycles. The van der Waals surface area contributed by atoms with Crippen molar-refractivity contribution in [3.63, 3.8) is 0 Å². The quantitative estimate of drug-likeness (QED) is 0.806. The molecule has 0 aromatic heterocycles. The number of nitrogen functional groups attached to an aromatic ring is 1. The number of nitrogens with two attached hydrogens (primary N) is 1. The minimum absolute atomic E-state index is 0.259. The fraction of sp³-hybridized carbons (Fsp3) is 0.143. The summed E-state index contributed by atoms with van der Waals surface area (Å²) in [6.07, 6.45) is 0. The van der Waals surface area contributed by atoms with Crippen LogP contribution in [-0.4, -0.2) is 0 Å². The Labute approximate surface area is 105 Å². The van der Waals surface area contributed by atoms with Gasteiger partial charge >= 0.3 is 0 Å². The zero-order valence-corrected chi connectivity index (χ0v) is 10.6. The van der Waals surface area contributed by atoms with Crippen LogP contribution in [0.2, 0.25) is 0 Å². The molecule has 0 unspecified atom stereocenters. The van der Waals surface area contributed by atoms with E-state index >= 15 is 0 Å². The summed E-state index contributed by atoms with van der Waals surface area (Å²) in [7, 11) is 0. The van der Waals surface area contributed by atoms with Crippen LogP contribution in [0.15, 0.2) is 46.2 Å². The Morgan fingerprint density at radius 3 is 2.47 bits per heavy atom. The fourth-order valence-electron chi connectivity index (χ4n) is 1.50. The van der Waals surface area contributed by atoms with Gasteiger partial charge in [-0.1, -0.05) is 17.8 Å². The molecule has 17 heavy (non-hydrogen) atoms. The van der Waals surface area contributed by atoms with Gasteiger partial charge in [-0.2, -0.15) is 0 Å². The number of hydrogen-bond donors (Lipinski definition) is 1. The number of benzene rings is 2. The molecule has 0 aliphatic rings. The molecule has 88 valence electrons. The molecule has 0 saturated heterocycles. The maximum absolute atomic E-state index is 13.1. The standard InChI is InChI=1S/C14H14FNS/c1-9-3-5-12(7-10(9)2)17-14-8-11(15)4-6-13(14)16/h3-8H,16H2,1-2H3. The van der Waals surface area contributed by atoms with E-state index in [1.165, 1.54) is 35.0 Å². The van der Waals surface area contributed by atoms with E-state index in [1.54, 1.807) is 6.07 Å². The predicted octanol–water partition coefficient (Wildman–Crippen LogP) is 4.18. The molecular formula is C14H14FNS. The molecule has 1 nitrogen and oxygen atoms in total. The van der Waals surface area contributed by atoms with E-state index in [0.717, 1.165) is 9.79 Å². The van der Waals surface area contributed by atoms with Gasteiger partial charge in [0.05, 0.1) is 0 Å². The van der Waals surface area contributed by atoms with E-state index < -0.39 is 0 Å². The third-order valence-electron chi connectivity index (χ3n) is 2.68. The van der Waals surface area contributed by atoms with Crippen LogP contribution in [0.3, 0.4) is 0 Å². The normalized spacial score (nSPS) is 10.5. The molecule has 0 aliphatic heterocycles. The first-order valence-corrected chi connectivity index (χ1v) is 6.18. The van der Waals surface area contributed by atoms with Gasteiger partial charge < -0.3 is 5.73 Å². The van der Waals surface area contributed by atoms with Gasteiger partial charge in [0.15, 0.2) is 0 Å².